The first kappa shape index (κ1) is 10.9. The van der Waals surface area contributed by atoms with Crippen molar-refractivity contribution in [1.82, 2.24) is 4.72 Å². The van der Waals surface area contributed by atoms with Gasteiger partial charge in [-0.1, -0.05) is 0 Å². The molecule has 0 spiro atoms. The molecule has 0 aromatic rings. The zero-order chi connectivity index (χ0) is 9.95. The van der Waals surface area contributed by atoms with Gasteiger partial charge in [-0.05, 0) is 26.7 Å². The average Bonchev–Trinajstić information content (AvgIpc) is 2.50. The van der Waals surface area contributed by atoms with Crippen LogP contribution in [0.1, 0.15) is 26.7 Å². The fourth-order valence-corrected chi connectivity index (χ4v) is 2.07. The molecule has 1 rings (SSSR count). The lowest BCUT2D eigenvalue weighted by molar-refractivity contribution is 0.0250. The molecule has 0 aromatic carbocycles. The van der Waals surface area contributed by atoms with E-state index in [-0.39, 0.29) is 11.4 Å². The Bertz CT molecular complexity index is 255. The SMILES string of the molecule is CCS(=O)(=O)NCC1(C)CCCO1. The van der Waals surface area contributed by atoms with E-state index < -0.39 is 10.0 Å². The summed E-state index contributed by atoms with van der Waals surface area (Å²) in [6.45, 7) is 4.70. The third-order valence-corrected chi connectivity index (χ3v) is 3.69. The minimum Gasteiger partial charge on any atom is -0.374 e. The van der Waals surface area contributed by atoms with Crippen LogP contribution < -0.4 is 4.72 Å². The highest BCUT2D eigenvalue weighted by Crippen LogP contribution is 2.23. The van der Waals surface area contributed by atoms with Crippen molar-refractivity contribution in [3.63, 3.8) is 0 Å². The van der Waals surface area contributed by atoms with Crippen molar-refractivity contribution in [1.29, 1.82) is 0 Å². The summed E-state index contributed by atoms with van der Waals surface area (Å²) in [6, 6.07) is 0. The lowest BCUT2D eigenvalue weighted by Gasteiger charge is -2.22. The quantitative estimate of drug-likeness (QED) is 0.730. The Morgan fingerprint density at radius 3 is 2.69 bits per heavy atom. The number of nitrogens with one attached hydrogen (secondary N) is 1. The predicted octanol–water partition coefficient (Wildman–Crippen LogP) is 0.495. The second-order valence-electron chi connectivity index (χ2n) is 3.63. The van der Waals surface area contributed by atoms with Crippen molar-refractivity contribution in [3.05, 3.63) is 0 Å². The first-order valence-electron chi connectivity index (χ1n) is 4.59. The van der Waals surface area contributed by atoms with Crippen molar-refractivity contribution in [2.24, 2.45) is 0 Å². The first-order valence-corrected chi connectivity index (χ1v) is 6.24. The van der Waals surface area contributed by atoms with Gasteiger partial charge in [-0.3, -0.25) is 0 Å². The summed E-state index contributed by atoms with van der Waals surface area (Å²) in [4.78, 5) is 0. The highest BCUT2D eigenvalue weighted by molar-refractivity contribution is 7.89. The third-order valence-electron chi connectivity index (χ3n) is 2.35. The van der Waals surface area contributed by atoms with Crippen molar-refractivity contribution in [2.75, 3.05) is 18.9 Å². The van der Waals surface area contributed by atoms with Crippen molar-refractivity contribution < 1.29 is 13.2 Å². The van der Waals surface area contributed by atoms with E-state index in [9.17, 15) is 8.42 Å². The van der Waals surface area contributed by atoms with Crippen LogP contribution in [0.3, 0.4) is 0 Å². The van der Waals surface area contributed by atoms with Crippen LogP contribution in [0.4, 0.5) is 0 Å². The molecule has 13 heavy (non-hydrogen) atoms. The fourth-order valence-electron chi connectivity index (χ4n) is 1.34. The van der Waals surface area contributed by atoms with E-state index in [0.29, 0.717) is 6.54 Å². The monoisotopic (exact) mass is 207 g/mol. The van der Waals surface area contributed by atoms with E-state index in [0.717, 1.165) is 19.4 Å². The topological polar surface area (TPSA) is 55.4 Å². The molecule has 1 heterocycles. The largest absolute Gasteiger partial charge is 0.374 e. The van der Waals surface area contributed by atoms with Crippen molar-refractivity contribution in [3.8, 4) is 0 Å². The maximum atomic E-state index is 11.1. The number of sulfonamides is 1. The van der Waals surface area contributed by atoms with Gasteiger partial charge < -0.3 is 4.74 Å². The van der Waals surface area contributed by atoms with Gasteiger partial charge in [0.1, 0.15) is 0 Å². The Kier molecular flexibility index (Phi) is 3.32. The molecule has 0 aliphatic carbocycles. The summed E-state index contributed by atoms with van der Waals surface area (Å²) in [5.41, 5.74) is -0.289. The van der Waals surface area contributed by atoms with E-state index in [1.807, 2.05) is 6.92 Å². The molecule has 5 heteroatoms. The number of hydrogen-bond acceptors (Lipinski definition) is 3. The van der Waals surface area contributed by atoms with Gasteiger partial charge in [0.2, 0.25) is 10.0 Å². The number of rotatable bonds is 4. The van der Waals surface area contributed by atoms with Crippen molar-refractivity contribution in [2.45, 2.75) is 32.3 Å². The molecule has 1 N–H and O–H groups in total. The molecule has 0 amide bonds. The molecular weight excluding hydrogens is 190 g/mol. The summed E-state index contributed by atoms with van der Waals surface area (Å²) >= 11 is 0. The second kappa shape index (κ2) is 3.94. The van der Waals surface area contributed by atoms with E-state index in [1.54, 1.807) is 6.92 Å². The van der Waals surface area contributed by atoms with Gasteiger partial charge in [0.15, 0.2) is 0 Å². The van der Waals surface area contributed by atoms with Crippen LogP contribution in [-0.4, -0.2) is 32.9 Å². The fraction of sp³-hybridized carbons (Fsp3) is 1.00. The van der Waals surface area contributed by atoms with Crippen LogP contribution in [0, 0.1) is 0 Å². The zero-order valence-electron chi connectivity index (χ0n) is 8.17. The molecule has 0 radical (unpaired) electrons. The molecule has 0 bridgehead atoms. The van der Waals surface area contributed by atoms with Gasteiger partial charge in [-0.2, -0.15) is 0 Å². The summed E-state index contributed by atoms with van der Waals surface area (Å²) in [6.07, 6.45) is 1.95. The molecule has 4 nitrogen and oxygen atoms in total. The Hall–Kier alpha value is -0.130. The minimum absolute atomic E-state index is 0.128. The van der Waals surface area contributed by atoms with Crippen LogP contribution >= 0.6 is 0 Å². The number of ether oxygens (including phenoxy) is 1. The van der Waals surface area contributed by atoms with Gasteiger partial charge in [0.05, 0.1) is 11.4 Å². The Morgan fingerprint density at radius 1 is 1.54 bits per heavy atom. The second-order valence-corrected chi connectivity index (χ2v) is 5.72. The summed E-state index contributed by atoms with van der Waals surface area (Å²) in [7, 11) is -3.08. The maximum absolute atomic E-state index is 11.1. The van der Waals surface area contributed by atoms with Gasteiger partial charge in [-0.25, -0.2) is 13.1 Å². The zero-order valence-corrected chi connectivity index (χ0v) is 8.99. The van der Waals surface area contributed by atoms with E-state index in [1.165, 1.54) is 0 Å². The summed E-state index contributed by atoms with van der Waals surface area (Å²) in [5.74, 6) is 0.128. The predicted molar refractivity (Wildman–Crippen MR) is 51.1 cm³/mol. The molecule has 1 aliphatic heterocycles. The molecular formula is C8H17NO3S. The third kappa shape index (κ3) is 3.25. The highest BCUT2D eigenvalue weighted by atomic mass is 32.2. The van der Waals surface area contributed by atoms with Gasteiger partial charge in [-0.15, -0.1) is 0 Å². The average molecular weight is 207 g/mol. The van der Waals surface area contributed by atoms with Crippen LogP contribution in [0.25, 0.3) is 0 Å². The summed E-state index contributed by atoms with van der Waals surface area (Å²) < 4.78 is 30.3. The van der Waals surface area contributed by atoms with Crippen LogP contribution in [-0.2, 0) is 14.8 Å². The van der Waals surface area contributed by atoms with E-state index in [4.69, 9.17) is 4.74 Å². The smallest absolute Gasteiger partial charge is 0.211 e. The van der Waals surface area contributed by atoms with Crippen LogP contribution in [0.15, 0.2) is 0 Å². The molecule has 1 atom stereocenters. The minimum atomic E-state index is -3.08. The van der Waals surface area contributed by atoms with Gasteiger partial charge >= 0.3 is 0 Å². The van der Waals surface area contributed by atoms with Gasteiger partial charge in [0.25, 0.3) is 0 Å². The maximum Gasteiger partial charge on any atom is 0.211 e. The molecule has 1 aliphatic rings. The standard InChI is InChI=1S/C8H17NO3S/c1-3-13(10,11)9-7-8(2)5-4-6-12-8/h9H,3-7H2,1-2H3. The van der Waals surface area contributed by atoms with E-state index in [2.05, 4.69) is 4.72 Å². The van der Waals surface area contributed by atoms with Crippen molar-refractivity contribution >= 4 is 10.0 Å². The highest BCUT2D eigenvalue weighted by Gasteiger charge is 2.30. The normalized spacial score (nSPS) is 29.4. The first-order chi connectivity index (χ1) is 5.97. The molecule has 0 aromatic heterocycles. The van der Waals surface area contributed by atoms with Crippen LogP contribution in [0.5, 0.6) is 0 Å². The molecule has 1 fully saturated rings. The molecule has 1 saturated heterocycles. The molecule has 1 unspecified atom stereocenters. The Labute approximate surface area is 79.7 Å². The molecule has 78 valence electrons. The lowest BCUT2D eigenvalue weighted by atomic mass is 10.0. The lowest BCUT2D eigenvalue weighted by Crippen LogP contribution is -2.40. The van der Waals surface area contributed by atoms with Crippen LogP contribution in [0.2, 0.25) is 0 Å². The Morgan fingerprint density at radius 2 is 2.23 bits per heavy atom. The molecule has 0 saturated carbocycles. The van der Waals surface area contributed by atoms with E-state index >= 15 is 0 Å². The van der Waals surface area contributed by atoms with Gasteiger partial charge in [0, 0.05) is 13.2 Å². The number of hydrogen-bond donors (Lipinski definition) is 1. The Balaban J connectivity index is 2.42. The summed E-state index contributed by atoms with van der Waals surface area (Å²) in [5, 5.41) is 0.